The molecule has 0 saturated carbocycles. The van der Waals surface area contributed by atoms with Crippen LogP contribution in [0.5, 0.6) is 5.75 Å². The monoisotopic (exact) mass is 620 g/mol. The first-order valence-electron chi connectivity index (χ1n) is 14.2. The molecule has 236 valence electrons. The lowest BCUT2D eigenvalue weighted by Crippen LogP contribution is -2.65. The van der Waals surface area contributed by atoms with Gasteiger partial charge in [-0.25, -0.2) is 0 Å². The summed E-state index contributed by atoms with van der Waals surface area (Å²) in [5.41, 5.74) is 0.214. The molecule has 1 aliphatic rings. The average molecular weight is 621 g/mol. The van der Waals surface area contributed by atoms with E-state index in [4.69, 9.17) is 23.7 Å². The number of hydrogen-bond donors (Lipinski definition) is 1. The Hall–Kier alpha value is -3.65. The Labute approximate surface area is 255 Å². The van der Waals surface area contributed by atoms with Crippen LogP contribution in [0, 0.1) is 6.92 Å². The van der Waals surface area contributed by atoms with Crippen molar-refractivity contribution >= 4 is 35.6 Å². The second-order valence-electron chi connectivity index (χ2n) is 10.2. The molecule has 0 spiro atoms. The first kappa shape index (κ1) is 33.8. The van der Waals surface area contributed by atoms with Gasteiger partial charge in [-0.05, 0) is 25.5 Å². The molecule has 14 heteroatoms. The van der Waals surface area contributed by atoms with Crippen molar-refractivity contribution in [2.24, 2.45) is 0 Å². The van der Waals surface area contributed by atoms with E-state index in [1.54, 1.807) is 0 Å². The zero-order chi connectivity index (χ0) is 31.5. The minimum atomic E-state index is -1.17. The van der Waals surface area contributed by atoms with Gasteiger partial charge in [0.2, 0.25) is 5.91 Å². The smallest absolute Gasteiger partial charge is 0.303 e. The van der Waals surface area contributed by atoms with E-state index < -0.39 is 53.6 Å². The molecule has 1 aromatic heterocycles. The molecule has 2 aromatic rings. The maximum absolute atomic E-state index is 12.3. The number of aryl methyl sites for hydroxylation is 1. The minimum absolute atomic E-state index is 0.170. The van der Waals surface area contributed by atoms with Gasteiger partial charge in [0.25, 0.3) is 0 Å². The molecule has 43 heavy (non-hydrogen) atoms. The SMILES string of the molecule is CCCCCn1c(COc2ccc(C)cc2)nnc1S[C@@H]1O[C@H](COC(C)=O)[C@H](OC(C)=O)[C@H](OC(C)=O)[C@H]1NC(C)=O. The fourth-order valence-electron chi connectivity index (χ4n) is 4.54. The molecule has 13 nitrogen and oxygen atoms in total. The topological polar surface area (TPSA) is 157 Å². The molecule has 1 N–H and O–H groups in total. The number of carbonyl (C=O) groups excluding carboxylic acids is 4. The predicted molar refractivity (Wildman–Crippen MR) is 155 cm³/mol. The number of thioether (sulfide) groups is 1. The third-order valence-corrected chi connectivity index (χ3v) is 7.61. The fraction of sp³-hybridized carbons (Fsp3) is 0.586. The number of hydrogen-bond acceptors (Lipinski definition) is 12. The van der Waals surface area contributed by atoms with Crippen LogP contribution in [0.25, 0.3) is 0 Å². The quantitative estimate of drug-likeness (QED) is 0.187. The van der Waals surface area contributed by atoms with Gasteiger partial charge in [0.05, 0.1) is 0 Å². The first-order chi connectivity index (χ1) is 20.5. The van der Waals surface area contributed by atoms with Crippen LogP contribution in [0.4, 0.5) is 0 Å². The number of nitrogens with zero attached hydrogens (tertiary/aromatic N) is 3. The van der Waals surface area contributed by atoms with E-state index in [2.05, 4.69) is 22.4 Å². The van der Waals surface area contributed by atoms with Gasteiger partial charge in [0.15, 0.2) is 23.2 Å². The van der Waals surface area contributed by atoms with Crippen molar-refractivity contribution < 1.29 is 42.9 Å². The molecule has 5 atom stereocenters. The van der Waals surface area contributed by atoms with E-state index in [0.29, 0.717) is 23.3 Å². The second-order valence-corrected chi connectivity index (χ2v) is 11.3. The van der Waals surface area contributed by atoms with Crippen LogP contribution in [-0.2, 0) is 51.3 Å². The first-order valence-corrected chi connectivity index (χ1v) is 15.0. The van der Waals surface area contributed by atoms with Crippen LogP contribution in [0.3, 0.4) is 0 Å². The summed E-state index contributed by atoms with van der Waals surface area (Å²) in [6, 6.07) is 6.72. The van der Waals surface area contributed by atoms with Gasteiger partial charge in [-0.15, -0.1) is 10.2 Å². The van der Waals surface area contributed by atoms with Gasteiger partial charge in [-0.3, -0.25) is 19.2 Å². The summed E-state index contributed by atoms with van der Waals surface area (Å²) < 4.78 is 30.5. The highest BCUT2D eigenvalue weighted by atomic mass is 32.2. The number of amides is 1. The van der Waals surface area contributed by atoms with E-state index in [-0.39, 0.29) is 13.2 Å². The van der Waals surface area contributed by atoms with Crippen LogP contribution in [0.15, 0.2) is 29.4 Å². The Morgan fingerprint density at radius 1 is 0.953 bits per heavy atom. The number of rotatable bonds is 14. The maximum Gasteiger partial charge on any atom is 0.303 e. The summed E-state index contributed by atoms with van der Waals surface area (Å²) in [5, 5.41) is 12.1. The van der Waals surface area contributed by atoms with Crippen molar-refractivity contribution in [3.8, 4) is 5.75 Å². The summed E-state index contributed by atoms with van der Waals surface area (Å²) in [7, 11) is 0. The number of carbonyl (C=O) groups is 4. The molecule has 1 fully saturated rings. The highest BCUT2D eigenvalue weighted by Crippen LogP contribution is 2.36. The van der Waals surface area contributed by atoms with E-state index in [1.807, 2.05) is 35.8 Å². The van der Waals surface area contributed by atoms with Gasteiger partial charge in [-0.2, -0.15) is 0 Å². The van der Waals surface area contributed by atoms with Gasteiger partial charge in [0.1, 0.15) is 36.5 Å². The van der Waals surface area contributed by atoms with Gasteiger partial charge in [-0.1, -0.05) is 49.2 Å². The number of benzene rings is 1. The Morgan fingerprint density at radius 2 is 1.63 bits per heavy atom. The van der Waals surface area contributed by atoms with E-state index in [9.17, 15) is 19.2 Å². The third kappa shape index (κ3) is 10.2. The van der Waals surface area contributed by atoms with Crippen LogP contribution in [0.1, 0.15) is 65.3 Å². The van der Waals surface area contributed by atoms with E-state index in [1.165, 1.54) is 27.7 Å². The Balaban J connectivity index is 1.96. The second kappa shape index (κ2) is 16.3. The lowest BCUT2D eigenvalue weighted by atomic mass is 9.97. The Morgan fingerprint density at radius 3 is 2.23 bits per heavy atom. The minimum Gasteiger partial charge on any atom is -0.486 e. The molecule has 0 unspecified atom stereocenters. The molecule has 1 saturated heterocycles. The molecule has 1 amide bonds. The molecule has 0 aliphatic carbocycles. The van der Waals surface area contributed by atoms with E-state index >= 15 is 0 Å². The van der Waals surface area contributed by atoms with Crippen LogP contribution in [-0.4, -0.2) is 75.0 Å². The molecule has 2 heterocycles. The Bertz CT molecular complexity index is 1250. The van der Waals surface area contributed by atoms with Crippen molar-refractivity contribution in [1.29, 1.82) is 0 Å². The maximum atomic E-state index is 12.3. The van der Waals surface area contributed by atoms with Gasteiger partial charge >= 0.3 is 17.9 Å². The molecule has 0 bridgehead atoms. The molecule has 0 radical (unpaired) electrons. The molecule has 3 rings (SSSR count). The van der Waals surface area contributed by atoms with Crippen LogP contribution in [0.2, 0.25) is 0 Å². The summed E-state index contributed by atoms with van der Waals surface area (Å²) in [4.78, 5) is 48.2. The number of esters is 3. The Kier molecular flexibility index (Phi) is 12.8. The lowest BCUT2D eigenvalue weighted by molar-refractivity contribution is -0.211. The third-order valence-electron chi connectivity index (χ3n) is 6.46. The summed E-state index contributed by atoms with van der Waals surface area (Å²) in [6.07, 6.45) is -0.484. The molecular weight excluding hydrogens is 580 g/mol. The van der Waals surface area contributed by atoms with Crippen LogP contribution >= 0.6 is 11.8 Å². The molecule has 1 aliphatic heterocycles. The van der Waals surface area contributed by atoms with Crippen LogP contribution < -0.4 is 10.1 Å². The largest absolute Gasteiger partial charge is 0.486 e. The normalized spacial score (nSPS) is 21.5. The van der Waals surface area contributed by atoms with Gasteiger partial charge < -0.3 is 33.6 Å². The summed E-state index contributed by atoms with van der Waals surface area (Å²) in [5.74, 6) is -1.03. The van der Waals surface area contributed by atoms with Crippen molar-refractivity contribution in [3.05, 3.63) is 35.7 Å². The standard InChI is InChI=1S/C29H40N4O9S/c1-7-8-9-14-33-24(16-39-22-12-10-17(2)11-13-22)31-32-29(33)43-28-25(30-18(3)34)27(41-21(6)37)26(40-20(5)36)23(42-28)15-38-19(4)35/h10-13,23,25-28H,7-9,14-16H2,1-6H3,(H,30,34)/t23-,25-,26+,27-,28+/m1/s1. The van der Waals surface area contributed by atoms with Crippen molar-refractivity contribution in [2.45, 2.75) is 109 Å². The predicted octanol–water partition coefficient (Wildman–Crippen LogP) is 3.10. The highest BCUT2D eigenvalue weighted by Gasteiger charge is 2.51. The fourth-order valence-corrected chi connectivity index (χ4v) is 5.72. The average Bonchev–Trinajstić information content (AvgIpc) is 3.31. The zero-order valence-corrected chi connectivity index (χ0v) is 26.2. The van der Waals surface area contributed by atoms with Crippen molar-refractivity contribution in [2.75, 3.05) is 6.61 Å². The summed E-state index contributed by atoms with van der Waals surface area (Å²) in [6.45, 7) is 9.54. The highest BCUT2D eigenvalue weighted by molar-refractivity contribution is 7.99. The zero-order valence-electron chi connectivity index (χ0n) is 25.4. The molecule has 1 aromatic carbocycles. The number of ether oxygens (including phenoxy) is 5. The summed E-state index contributed by atoms with van der Waals surface area (Å²) >= 11 is 1.16. The number of unbranched alkanes of at least 4 members (excludes halogenated alkanes) is 2. The van der Waals surface area contributed by atoms with E-state index in [0.717, 1.165) is 36.6 Å². The van der Waals surface area contributed by atoms with Crippen molar-refractivity contribution in [3.63, 3.8) is 0 Å². The number of nitrogens with one attached hydrogen (secondary N) is 1. The van der Waals surface area contributed by atoms with Gasteiger partial charge in [0, 0.05) is 34.2 Å². The number of aromatic nitrogens is 3. The van der Waals surface area contributed by atoms with Crippen molar-refractivity contribution in [1.82, 2.24) is 20.1 Å². The molecular formula is C29H40N4O9S. The lowest BCUT2D eigenvalue weighted by Gasteiger charge is -2.44.